The molecule has 3 rings (SSSR count). The highest BCUT2D eigenvalue weighted by Crippen LogP contribution is 2.29. The average Bonchev–Trinajstić information content (AvgIpc) is 3.19. The zero-order valence-corrected chi connectivity index (χ0v) is 12.5. The van der Waals surface area contributed by atoms with Gasteiger partial charge >= 0.3 is 0 Å². The maximum atomic E-state index is 13.4. The lowest BCUT2D eigenvalue weighted by Gasteiger charge is -2.25. The molecular weight excluding hydrogens is 265 g/mol. The van der Waals surface area contributed by atoms with Gasteiger partial charge in [-0.25, -0.2) is 4.39 Å². The van der Waals surface area contributed by atoms with Crippen molar-refractivity contribution in [3.63, 3.8) is 0 Å². The van der Waals surface area contributed by atoms with Crippen LogP contribution < -0.4 is 10.2 Å². The van der Waals surface area contributed by atoms with Crippen LogP contribution >= 0.6 is 0 Å². The first-order valence-corrected chi connectivity index (χ1v) is 7.82. The van der Waals surface area contributed by atoms with Gasteiger partial charge in [0.05, 0.1) is 6.07 Å². The highest BCUT2D eigenvalue weighted by Gasteiger charge is 2.32. The Kier molecular flexibility index (Phi) is 3.86. The lowest BCUT2D eigenvalue weighted by molar-refractivity contribution is 0.404. The Morgan fingerprint density at radius 2 is 2.29 bits per heavy atom. The van der Waals surface area contributed by atoms with E-state index >= 15 is 0 Å². The molecule has 1 aromatic rings. The van der Waals surface area contributed by atoms with E-state index in [1.165, 1.54) is 24.5 Å². The molecule has 1 fully saturated rings. The normalized spacial score (nSPS) is 20.0. The molecular formula is C17H22FN3. The Bertz CT molecular complexity index is 562. The maximum absolute atomic E-state index is 13.4. The number of fused-ring (bicyclic) bond motifs is 1. The van der Waals surface area contributed by atoms with Crippen molar-refractivity contribution in [2.24, 2.45) is 0 Å². The van der Waals surface area contributed by atoms with E-state index in [4.69, 9.17) is 0 Å². The van der Waals surface area contributed by atoms with E-state index in [0.29, 0.717) is 6.04 Å². The monoisotopic (exact) mass is 287 g/mol. The summed E-state index contributed by atoms with van der Waals surface area (Å²) in [7, 11) is 0. The highest BCUT2D eigenvalue weighted by atomic mass is 19.1. The lowest BCUT2D eigenvalue weighted by atomic mass is 9.97. The number of benzene rings is 1. The van der Waals surface area contributed by atoms with Gasteiger partial charge in [0.15, 0.2) is 0 Å². The highest BCUT2D eigenvalue weighted by molar-refractivity contribution is 5.58. The predicted octanol–water partition coefficient (Wildman–Crippen LogP) is 3.00. The zero-order valence-electron chi connectivity index (χ0n) is 12.5. The van der Waals surface area contributed by atoms with E-state index in [2.05, 4.69) is 16.3 Å². The van der Waals surface area contributed by atoms with Crippen molar-refractivity contribution in [2.45, 2.75) is 50.6 Å². The van der Waals surface area contributed by atoms with E-state index in [9.17, 15) is 9.65 Å². The van der Waals surface area contributed by atoms with Crippen LogP contribution in [0.1, 0.15) is 38.2 Å². The van der Waals surface area contributed by atoms with Crippen molar-refractivity contribution in [1.82, 2.24) is 5.32 Å². The molecule has 0 amide bonds. The molecule has 1 N–H and O–H groups in total. The molecule has 3 nitrogen and oxygen atoms in total. The summed E-state index contributed by atoms with van der Waals surface area (Å²) in [5.41, 5.74) is 1.84. The predicted molar refractivity (Wildman–Crippen MR) is 81.7 cm³/mol. The Hall–Kier alpha value is -1.60. The zero-order chi connectivity index (χ0) is 14.9. The van der Waals surface area contributed by atoms with Crippen molar-refractivity contribution in [3.8, 4) is 6.07 Å². The van der Waals surface area contributed by atoms with Crippen LogP contribution in [0.5, 0.6) is 0 Å². The van der Waals surface area contributed by atoms with Crippen molar-refractivity contribution >= 4 is 5.69 Å². The van der Waals surface area contributed by atoms with Crippen LogP contribution in [0.25, 0.3) is 0 Å². The Morgan fingerprint density at radius 1 is 1.48 bits per heavy atom. The Morgan fingerprint density at radius 3 is 3.00 bits per heavy atom. The molecule has 0 aromatic heterocycles. The summed E-state index contributed by atoms with van der Waals surface area (Å²) in [6.45, 7) is 3.83. The van der Waals surface area contributed by atoms with Gasteiger partial charge in [0.1, 0.15) is 11.4 Å². The van der Waals surface area contributed by atoms with Crippen LogP contribution in [0, 0.1) is 17.1 Å². The number of anilines is 1. The summed E-state index contributed by atoms with van der Waals surface area (Å²) >= 11 is 0. The minimum Gasteiger partial charge on any atom is -0.371 e. The van der Waals surface area contributed by atoms with E-state index in [0.717, 1.165) is 38.0 Å². The van der Waals surface area contributed by atoms with Crippen LogP contribution in [-0.2, 0) is 6.42 Å². The summed E-state index contributed by atoms with van der Waals surface area (Å²) in [6.07, 6.45) is 5.15. The summed E-state index contributed by atoms with van der Waals surface area (Å²) in [5, 5.41) is 12.8. The second-order valence-electron chi connectivity index (χ2n) is 6.48. The number of hydrogen-bond donors (Lipinski definition) is 1. The molecule has 1 aliphatic heterocycles. The fraction of sp³-hybridized carbons (Fsp3) is 0.588. The molecule has 0 saturated heterocycles. The summed E-state index contributed by atoms with van der Waals surface area (Å²) in [5.74, 6) is -0.169. The minimum absolute atomic E-state index is 0.169. The molecule has 1 atom stereocenters. The molecule has 21 heavy (non-hydrogen) atoms. The first-order chi connectivity index (χ1) is 10.1. The van der Waals surface area contributed by atoms with Gasteiger partial charge in [0.25, 0.3) is 0 Å². The van der Waals surface area contributed by atoms with Crippen LogP contribution in [0.2, 0.25) is 0 Å². The first-order valence-electron chi connectivity index (χ1n) is 7.82. The number of rotatable bonds is 6. The SMILES string of the molecule is CC(C#N)(CCCN1CCc2ccc(F)cc21)NC1CC1. The van der Waals surface area contributed by atoms with Gasteiger partial charge in [0, 0.05) is 24.8 Å². The van der Waals surface area contributed by atoms with Crippen LogP contribution in [0.15, 0.2) is 18.2 Å². The van der Waals surface area contributed by atoms with Crippen LogP contribution in [0.4, 0.5) is 10.1 Å². The molecule has 1 unspecified atom stereocenters. The maximum Gasteiger partial charge on any atom is 0.125 e. The molecule has 0 spiro atoms. The molecule has 1 saturated carbocycles. The Labute approximate surface area is 125 Å². The standard InChI is InChI=1S/C17H22FN3/c1-17(12-19,20-15-5-6-15)8-2-9-21-10-7-13-3-4-14(18)11-16(13)21/h3-4,11,15,20H,2,5-10H2,1H3. The van der Waals surface area contributed by atoms with Gasteiger partial charge in [-0.15, -0.1) is 0 Å². The number of nitrogens with one attached hydrogen (secondary N) is 1. The number of nitrogens with zero attached hydrogens (tertiary/aromatic N) is 2. The average molecular weight is 287 g/mol. The second-order valence-corrected chi connectivity index (χ2v) is 6.48. The van der Waals surface area contributed by atoms with E-state index in [1.54, 1.807) is 6.07 Å². The second kappa shape index (κ2) is 5.65. The van der Waals surface area contributed by atoms with Crippen molar-refractivity contribution in [1.29, 1.82) is 5.26 Å². The topological polar surface area (TPSA) is 39.1 Å². The third-order valence-electron chi connectivity index (χ3n) is 4.49. The third-order valence-corrected chi connectivity index (χ3v) is 4.49. The molecule has 1 aromatic carbocycles. The van der Waals surface area contributed by atoms with Crippen LogP contribution in [0.3, 0.4) is 0 Å². The minimum atomic E-state index is -0.425. The molecule has 112 valence electrons. The fourth-order valence-electron chi connectivity index (χ4n) is 3.11. The fourth-order valence-corrected chi connectivity index (χ4v) is 3.11. The first kappa shape index (κ1) is 14.3. The number of hydrogen-bond acceptors (Lipinski definition) is 3. The van der Waals surface area contributed by atoms with E-state index in [1.807, 2.05) is 13.0 Å². The van der Waals surface area contributed by atoms with E-state index in [-0.39, 0.29) is 5.82 Å². The van der Waals surface area contributed by atoms with Crippen molar-refractivity contribution < 1.29 is 4.39 Å². The molecule has 2 aliphatic rings. The number of halogens is 1. The van der Waals surface area contributed by atoms with Gasteiger partial charge < -0.3 is 4.90 Å². The van der Waals surface area contributed by atoms with Gasteiger partial charge in [0.2, 0.25) is 0 Å². The van der Waals surface area contributed by atoms with Crippen molar-refractivity contribution in [3.05, 3.63) is 29.6 Å². The molecule has 1 heterocycles. The lowest BCUT2D eigenvalue weighted by Crippen LogP contribution is -2.42. The summed E-state index contributed by atoms with van der Waals surface area (Å²) < 4.78 is 13.4. The van der Waals surface area contributed by atoms with Crippen molar-refractivity contribution in [2.75, 3.05) is 18.0 Å². The summed E-state index contributed by atoms with van der Waals surface area (Å²) in [4.78, 5) is 2.24. The molecule has 4 heteroatoms. The number of nitriles is 1. The molecule has 1 aliphatic carbocycles. The molecule has 0 radical (unpaired) electrons. The summed E-state index contributed by atoms with van der Waals surface area (Å²) in [6, 6.07) is 8.01. The largest absolute Gasteiger partial charge is 0.371 e. The van der Waals surface area contributed by atoms with Gasteiger partial charge in [-0.05, 0) is 56.7 Å². The van der Waals surface area contributed by atoms with E-state index < -0.39 is 5.54 Å². The molecule has 0 bridgehead atoms. The van der Waals surface area contributed by atoms with Gasteiger partial charge in [-0.3, -0.25) is 5.32 Å². The van der Waals surface area contributed by atoms with Gasteiger partial charge in [-0.1, -0.05) is 6.07 Å². The Balaban J connectivity index is 1.54. The van der Waals surface area contributed by atoms with Gasteiger partial charge in [-0.2, -0.15) is 5.26 Å². The third kappa shape index (κ3) is 3.36. The quantitative estimate of drug-likeness (QED) is 0.874. The smallest absolute Gasteiger partial charge is 0.125 e. The van der Waals surface area contributed by atoms with Crippen LogP contribution in [-0.4, -0.2) is 24.7 Å².